The van der Waals surface area contributed by atoms with Gasteiger partial charge in [-0.25, -0.2) is 0 Å². The molecule has 6 heteroatoms. The Labute approximate surface area is 94.0 Å². The molecule has 0 aliphatic rings. The monoisotopic (exact) mass is 227 g/mol. The molecule has 1 rings (SSSR count). The zero-order valence-corrected chi connectivity index (χ0v) is 9.73. The Hall–Kier alpha value is -1.43. The van der Waals surface area contributed by atoms with Gasteiger partial charge < -0.3 is 14.9 Å². The molecule has 0 spiro atoms. The van der Waals surface area contributed by atoms with Crippen LogP contribution in [-0.4, -0.2) is 33.8 Å². The Morgan fingerprint density at radius 3 is 2.75 bits per heavy atom. The molecule has 0 aliphatic carbocycles. The van der Waals surface area contributed by atoms with Crippen LogP contribution in [0.15, 0.2) is 4.52 Å². The molecule has 0 fully saturated rings. The summed E-state index contributed by atoms with van der Waals surface area (Å²) in [5.74, 6) is 0.182. The van der Waals surface area contributed by atoms with Gasteiger partial charge in [0.25, 0.3) is 11.7 Å². The molecule has 1 heterocycles. The lowest BCUT2D eigenvalue weighted by Gasteiger charge is -2.13. The zero-order valence-electron chi connectivity index (χ0n) is 9.73. The fraction of sp³-hybridized carbons (Fsp3) is 0.700. The van der Waals surface area contributed by atoms with Crippen LogP contribution in [0.1, 0.15) is 36.8 Å². The van der Waals surface area contributed by atoms with Crippen molar-refractivity contribution < 1.29 is 14.4 Å². The lowest BCUT2D eigenvalue weighted by molar-refractivity contribution is 0.0908. The Kier molecular flexibility index (Phi) is 4.42. The molecule has 6 nitrogen and oxygen atoms in total. The van der Waals surface area contributed by atoms with Crippen LogP contribution in [0.4, 0.5) is 0 Å². The highest BCUT2D eigenvalue weighted by molar-refractivity contribution is 5.90. The van der Waals surface area contributed by atoms with Gasteiger partial charge in [-0.1, -0.05) is 19.0 Å². The van der Waals surface area contributed by atoms with Crippen molar-refractivity contribution >= 4 is 5.91 Å². The van der Waals surface area contributed by atoms with Crippen molar-refractivity contribution in [3.63, 3.8) is 0 Å². The number of nitrogens with zero attached hydrogens (tertiary/aromatic N) is 2. The smallest absolute Gasteiger partial charge is 0.292 e. The summed E-state index contributed by atoms with van der Waals surface area (Å²) in [4.78, 5) is 15.2. The molecule has 1 aromatic heterocycles. The largest absolute Gasteiger partial charge is 0.393 e. The fourth-order valence-corrected chi connectivity index (χ4v) is 1.14. The van der Waals surface area contributed by atoms with Gasteiger partial charge in [-0.05, 0) is 12.3 Å². The Morgan fingerprint density at radius 2 is 2.25 bits per heavy atom. The average molecular weight is 227 g/mol. The summed E-state index contributed by atoms with van der Waals surface area (Å²) in [5.41, 5.74) is 0. The molecule has 0 aromatic carbocycles. The van der Waals surface area contributed by atoms with E-state index in [1.54, 1.807) is 6.92 Å². The molecular formula is C10H17N3O3. The van der Waals surface area contributed by atoms with Gasteiger partial charge in [-0.15, -0.1) is 0 Å². The second kappa shape index (κ2) is 5.60. The predicted molar refractivity (Wildman–Crippen MR) is 56.8 cm³/mol. The van der Waals surface area contributed by atoms with Gasteiger partial charge in [-0.2, -0.15) is 4.98 Å². The predicted octanol–water partition coefficient (Wildman–Crippen LogP) is 0.515. The number of hydrogen-bond acceptors (Lipinski definition) is 5. The van der Waals surface area contributed by atoms with Crippen LogP contribution >= 0.6 is 0 Å². The SMILES string of the molecule is Cc1nc(C(=O)NCCC(O)C(C)C)no1. The highest BCUT2D eigenvalue weighted by Crippen LogP contribution is 2.04. The van der Waals surface area contributed by atoms with Crippen LogP contribution in [0.3, 0.4) is 0 Å². The van der Waals surface area contributed by atoms with Gasteiger partial charge in [-0.3, -0.25) is 4.79 Å². The number of rotatable bonds is 5. The highest BCUT2D eigenvalue weighted by atomic mass is 16.5. The van der Waals surface area contributed by atoms with E-state index in [0.717, 1.165) is 0 Å². The van der Waals surface area contributed by atoms with E-state index in [0.29, 0.717) is 18.9 Å². The van der Waals surface area contributed by atoms with Crippen molar-refractivity contribution in [2.24, 2.45) is 5.92 Å². The molecule has 1 amide bonds. The van der Waals surface area contributed by atoms with Crippen molar-refractivity contribution in [3.05, 3.63) is 11.7 Å². The summed E-state index contributed by atoms with van der Waals surface area (Å²) in [6, 6.07) is 0. The van der Waals surface area contributed by atoms with E-state index in [-0.39, 0.29) is 17.6 Å². The summed E-state index contributed by atoms with van der Waals surface area (Å²) in [6.07, 6.45) is 0.104. The van der Waals surface area contributed by atoms with E-state index in [4.69, 9.17) is 0 Å². The van der Waals surface area contributed by atoms with Crippen molar-refractivity contribution in [1.29, 1.82) is 0 Å². The molecule has 1 atom stereocenters. The second-order valence-electron chi connectivity index (χ2n) is 3.99. The number of aliphatic hydroxyl groups is 1. The first-order valence-electron chi connectivity index (χ1n) is 5.27. The van der Waals surface area contributed by atoms with Gasteiger partial charge in [0, 0.05) is 13.5 Å². The summed E-state index contributed by atoms with van der Waals surface area (Å²) >= 11 is 0. The number of nitrogens with one attached hydrogen (secondary N) is 1. The fourth-order valence-electron chi connectivity index (χ4n) is 1.14. The van der Waals surface area contributed by atoms with E-state index >= 15 is 0 Å². The zero-order chi connectivity index (χ0) is 12.1. The third-order valence-electron chi connectivity index (χ3n) is 2.23. The molecule has 90 valence electrons. The third kappa shape index (κ3) is 3.62. The van der Waals surface area contributed by atoms with Gasteiger partial charge >= 0.3 is 0 Å². The van der Waals surface area contributed by atoms with Crippen LogP contribution in [0.5, 0.6) is 0 Å². The molecule has 1 unspecified atom stereocenters. The number of carbonyl (C=O) groups excluding carboxylic acids is 1. The normalized spacial score (nSPS) is 12.8. The number of carbonyl (C=O) groups is 1. The van der Waals surface area contributed by atoms with Crippen LogP contribution in [0.2, 0.25) is 0 Å². The van der Waals surface area contributed by atoms with Crippen LogP contribution in [0, 0.1) is 12.8 Å². The standard InChI is InChI=1S/C10H17N3O3/c1-6(2)8(14)4-5-11-10(15)9-12-7(3)16-13-9/h6,8,14H,4-5H2,1-3H3,(H,11,15). The van der Waals surface area contributed by atoms with Crippen LogP contribution in [-0.2, 0) is 0 Å². The molecule has 2 N–H and O–H groups in total. The molecule has 1 aromatic rings. The van der Waals surface area contributed by atoms with Gasteiger partial charge in [0.2, 0.25) is 5.89 Å². The maximum absolute atomic E-state index is 11.4. The minimum absolute atomic E-state index is 0.0246. The average Bonchev–Trinajstić information content (AvgIpc) is 2.64. The quantitative estimate of drug-likeness (QED) is 0.765. The molecule has 16 heavy (non-hydrogen) atoms. The van der Waals surface area contributed by atoms with E-state index < -0.39 is 6.10 Å². The molecule has 0 bridgehead atoms. The van der Waals surface area contributed by atoms with Crippen molar-refractivity contribution in [1.82, 2.24) is 15.5 Å². The minimum Gasteiger partial charge on any atom is -0.393 e. The Bertz CT molecular complexity index is 349. The Morgan fingerprint density at radius 1 is 1.56 bits per heavy atom. The summed E-state index contributed by atoms with van der Waals surface area (Å²) in [7, 11) is 0. The molecule has 0 saturated heterocycles. The number of aryl methyl sites for hydroxylation is 1. The summed E-state index contributed by atoms with van der Waals surface area (Å²) in [5, 5.41) is 15.6. The molecule has 0 radical (unpaired) electrons. The lowest BCUT2D eigenvalue weighted by atomic mass is 10.0. The topological polar surface area (TPSA) is 88.2 Å². The van der Waals surface area contributed by atoms with E-state index in [1.807, 2.05) is 13.8 Å². The second-order valence-corrected chi connectivity index (χ2v) is 3.99. The van der Waals surface area contributed by atoms with Crippen LogP contribution < -0.4 is 5.32 Å². The van der Waals surface area contributed by atoms with Crippen LogP contribution in [0.25, 0.3) is 0 Å². The molecule has 0 aliphatic heterocycles. The lowest BCUT2D eigenvalue weighted by Crippen LogP contribution is -2.29. The first-order chi connectivity index (χ1) is 7.50. The van der Waals surface area contributed by atoms with Crippen molar-refractivity contribution in [2.45, 2.75) is 33.3 Å². The number of aromatic nitrogens is 2. The van der Waals surface area contributed by atoms with E-state index in [1.165, 1.54) is 0 Å². The number of aliphatic hydroxyl groups excluding tert-OH is 1. The summed E-state index contributed by atoms with van der Waals surface area (Å²) in [6.45, 7) is 5.86. The van der Waals surface area contributed by atoms with Gasteiger partial charge in [0.15, 0.2) is 0 Å². The number of amides is 1. The molecular weight excluding hydrogens is 210 g/mol. The molecule has 0 saturated carbocycles. The first-order valence-corrected chi connectivity index (χ1v) is 5.27. The minimum atomic E-state index is -0.410. The highest BCUT2D eigenvalue weighted by Gasteiger charge is 2.13. The maximum atomic E-state index is 11.4. The Balaban J connectivity index is 2.31. The van der Waals surface area contributed by atoms with Gasteiger partial charge in [0.05, 0.1) is 6.10 Å². The summed E-state index contributed by atoms with van der Waals surface area (Å²) < 4.78 is 4.68. The number of hydrogen-bond donors (Lipinski definition) is 2. The van der Waals surface area contributed by atoms with E-state index in [9.17, 15) is 9.90 Å². The van der Waals surface area contributed by atoms with Crippen molar-refractivity contribution in [2.75, 3.05) is 6.54 Å². The van der Waals surface area contributed by atoms with Gasteiger partial charge in [0.1, 0.15) is 0 Å². The first kappa shape index (κ1) is 12.6. The third-order valence-corrected chi connectivity index (χ3v) is 2.23. The van der Waals surface area contributed by atoms with Crippen molar-refractivity contribution in [3.8, 4) is 0 Å². The van der Waals surface area contributed by atoms with E-state index in [2.05, 4.69) is 20.0 Å². The maximum Gasteiger partial charge on any atom is 0.292 e.